The lowest BCUT2D eigenvalue weighted by Crippen LogP contribution is -2.42. The smallest absolute Gasteiger partial charge is 0.151 e. The fourth-order valence-electron chi connectivity index (χ4n) is 3.20. The number of methoxy groups -OCH3 is 1. The molecule has 8 heteroatoms. The van der Waals surface area contributed by atoms with Gasteiger partial charge in [-0.1, -0.05) is 0 Å². The van der Waals surface area contributed by atoms with Gasteiger partial charge in [0.05, 0.1) is 31.4 Å². The molecule has 1 aromatic carbocycles. The third-order valence-corrected chi connectivity index (χ3v) is 6.36. The topological polar surface area (TPSA) is 89.2 Å². The summed E-state index contributed by atoms with van der Waals surface area (Å²) in [7, 11) is -1.42. The van der Waals surface area contributed by atoms with Crippen molar-refractivity contribution in [3.05, 3.63) is 48.4 Å². The molecule has 3 rings (SSSR count). The molecule has 1 saturated heterocycles. The number of sulfone groups is 1. The molecule has 2 heterocycles. The molecule has 2 aromatic rings. The molecule has 27 heavy (non-hydrogen) atoms. The van der Waals surface area contributed by atoms with E-state index in [1.807, 2.05) is 11.0 Å². The Hall–Kier alpha value is -2.03. The zero-order valence-electron chi connectivity index (χ0n) is 15.3. The summed E-state index contributed by atoms with van der Waals surface area (Å²) >= 11 is 0. The number of hydrogen-bond donors (Lipinski definition) is 1. The number of rotatable bonds is 9. The van der Waals surface area contributed by atoms with Crippen LogP contribution in [0.25, 0.3) is 0 Å². The molecule has 0 saturated carbocycles. The molecule has 0 unspecified atom stereocenters. The first-order valence-electron chi connectivity index (χ1n) is 8.87. The largest absolute Gasteiger partial charge is 0.497 e. The Bertz CT molecular complexity index is 803. The van der Waals surface area contributed by atoms with Gasteiger partial charge in [0.1, 0.15) is 30.0 Å². The second-order valence-electron chi connectivity index (χ2n) is 6.71. The van der Waals surface area contributed by atoms with Gasteiger partial charge >= 0.3 is 0 Å². The highest BCUT2D eigenvalue weighted by atomic mass is 32.2. The van der Waals surface area contributed by atoms with Crippen LogP contribution in [-0.4, -0.2) is 62.3 Å². The third kappa shape index (κ3) is 5.72. The Labute approximate surface area is 159 Å². The van der Waals surface area contributed by atoms with Crippen molar-refractivity contribution in [2.75, 3.05) is 31.8 Å². The molecule has 7 nitrogen and oxygen atoms in total. The maximum atomic E-state index is 11.8. The highest BCUT2D eigenvalue weighted by molar-refractivity contribution is 7.91. The van der Waals surface area contributed by atoms with Gasteiger partial charge in [-0.15, -0.1) is 0 Å². The van der Waals surface area contributed by atoms with Crippen LogP contribution < -0.4 is 9.47 Å². The van der Waals surface area contributed by atoms with Gasteiger partial charge in [0.2, 0.25) is 0 Å². The van der Waals surface area contributed by atoms with Crippen LogP contribution in [0, 0.1) is 0 Å². The second kappa shape index (κ2) is 8.77. The summed E-state index contributed by atoms with van der Waals surface area (Å²) in [5.41, 5.74) is 0. The maximum Gasteiger partial charge on any atom is 0.151 e. The number of hydrogen-bond acceptors (Lipinski definition) is 7. The molecule has 0 bridgehead atoms. The molecule has 1 N–H and O–H groups in total. The van der Waals surface area contributed by atoms with E-state index in [4.69, 9.17) is 13.9 Å². The highest BCUT2D eigenvalue weighted by Crippen LogP contribution is 2.21. The molecule has 1 aliphatic rings. The molecule has 0 radical (unpaired) electrons. The SMILES string of the molecule is COc1ccc(OC[C@H](O)CN(Cc2ccco2)[C@@H]2CCS(=O)(=O)C2)cc1. The average molecular weight is 395 g/mol. The highest BCUT2D eigenvalue weighted by Gasteiger charge is 2.33. The lowest BCUT2D eigenvalue weighted by atomic mass is 10.2. The third-order valence-electron chi connectivity index (χ3n) is 4.61. The number of aliphatic hydroxyl groups is 1. The fraction of sp³-hybridized carbons (Fsp3) is 0.474. The van der Waals surface area contributed by atoms with E-state index < -0.39 is 15.9 Å². The van der Waals surface area contributed by atoms with Crippen molar-refractivity contribution in [2.24, 2.45) is 0 Å². The summed E-state index contributed by atoms with van der Waals surface area (Å²) in [5, 5.41) is 10.4. The van der Waals surface area contributed by atoms with E-state index in [2.05, 4.69) is 0 Å². The predicted octanol–water partition coefficient (Wildman–Crippen LogP) is 1.72. The van der Waals surface area contributed by atoms with E-state index in [1.54, 1.807) is 43.7 Å². The van der Waals surface area contributed by atoms with Crippen LogP contribution in [0.15, 0.2) is 47.1 Å². The summed E-state index contributed by atoms with van der Waals surface area (Å²) in [5.74, 6) is 2.40. The molecular formula is C19H25NO6S. The second-order valence-corrected chi connectivity index (χ2v) is 8.93. The molecule has 0 spiro atoms. The normalized spacial score (nSPS) is 19.9. The first-order valence-corrected chi connectivity index (χ1v) is 10.7. The zero-order valence-corrected chi connectivity index (χ0v) is 16.1. The van der Waals surface area contributed by atoms with Crippen LogP contribution in [0.1, 0.15) is 12.2 Å². The van der Waals surface area contributed by atoms with Crippen LogP contribution in [0.5, 0.6) is 11.5 Å². The minimum Gasteiger partial charge on any atom is -0.497 e. The summed E-state index contributed by atoms with van der Waals surface area (Å²) in [6.45, 7) is 0.865. The van der Waals surface area contributed by atoms with Gasteiger partial charge in [-0.25, -0.2) is 8.42 Å². The number of furan rings is 1. The summed E-state index contributed by atoms with van der Waals surface area (Å²) in [4.78, 5) is 1.96. The number of benzene rings is 1. The van der Waals surface area contributed by atoms with E-state index in [-0.39, 0.29) is 24.2 Å². The number of nitrogens with zero attached hydrogens (tertiary/aromatic N) is 1. The Morgan fingerprint density at radius 2 is 2.00 bits per heavy atom. The lowest BCUT2D eigenvalue weighted by molar-refractivity contribution is 0.0497. The van der Waals surface area contributed by atoms with Crippen molar-refractivity contribution in [3.8, 4) is 11.5 Å². The van der Waals surface area contributed by atoms with E-state index in [1.165, 1.54) is 0 Å². The standard InChI is InChI=1S/C19H25NO6S/c1-24-17-4-6-18(7-5-17)26-13-16(21)11-20(12-19-3-2-9-25-19)15-8-10-27(22,23)14-15/h2-7,9,15-16,21H,8,10-14H2,1H3/t15-,16-/m1/s1. The molecule has 1 aromatic heterocycles. The maximum absolute atomic E-state index is 11.8. The summed E-state index contributed by atoms with van der Waals surface area (Å²) in [6, 6.07) is 10.6. The molecule has 0 aliphatic carbocycles. The van der Waals surface area contributed by atoms with Crippen LogP contribution in [0.4, 0.5) is 0 Å². The van der Waals surface area contributed by atoms with Crippen molar-refractivity contribution in [2.45, 2.75) is 25.1 Å². The van der Waals surface area contributed by atoms with Crippen molar-refractivity contribution < 1.29 is 27.4 Å². The molecular weight excluding hydrogens is 370 g/mol. The molecule has 0 amide bonds. The van der Waals surface area contributed by atoms with E-state index in [0.717, 1.165) is 11.5 Å². The molecule has 2 atom stereocenters. The van der Waals surface area contributed by atoms with E-state index in [9.17, 15) is 13.5 Å². The van der Waals surface area contributed by atoms with Crippen molar-refractivity contribution >= 4 is 9.84 Å². The lowest BCUT2D eigenvalue weighted by Gasteiger charge is -2.29. The predicted molar refractivity (Wildman–Crippen MR) is 101 cm³/mol. The monoisotopic (exact) mass is 395 g/mol. The van der Waals surface area contributed by atoms with Crippen molar-refractivity contribution in [3.63, 3.8) is 0 Å². The molecule has 1 fully saturated rings. The number of ether oxygens (including phenoxy) is 2. The van der Waals surface area contributed by atoms with Gasteiger partial charge in [0.25, 0.3) is 0 Å². The van der Waals surface area contributed by atoms with Gasteiger partial charge in [-0.05, 0) is 42.8 Å². The molecule has 1 aliphatic heterocycles. The molecule has 148 valence electrons. The van der Waals surface area contributed by atoms with Crippen LogP contribution in [-0.2, 0) is 16.4 Å². The van der Waals surface area contributed by atoms with Gasteiger partial charge in [-0.3, -0.25) is 4.90 Å². The Balaban J connectivity index is 1.58. The minimum absolute atomic E-state index is 0.111. The zero-order chi connectivity index (χ0) is 19.3. The van der Waals surface area contributed by atoms with Gasteiger partial charge in [0, 0.05) is 12.6 Å². The van der Waals surface area contributed by atoms with Gasteiger partial charge in [0.15, 0.2) is 9.84 Å². The van der Waals surface area contributed by atoms with Crippen LogP contribution in [0.3, 0.4) is 0 Å². The van der Waals surface area contributed by atoms with E-state index >= 15 is 0 Å². The van der Waals surface area contributed by atoms with Crippen LogP contribution in [0.2, 0.25) is 0 Å². The average Bonchev–Trinajstić information content (AvgIpc) is 3.29. The Morgan fingerprint density at radius 3 is 2.59 bits per heavy atom. The summed E-state index contributed by atoms with van der Waals surface area (Å²) < 4.78 is 39.8. The van der Waals surface area contributed by atoms with Crippen molar-refractivity contribution in [1.29, 1.82) is 0 Å². The Morgan fingerprint density at radius 1 is 1.26 bits per heavy atom. The Kier molecular flexibility index (Phi) is 6.41. The van der Waals surface area contributed by atoms with Gasteiger partial charge < -0.3 is 19.0 Å². The van der Waals surface area contributed by atoms with Gasteiger partial charge in [-0.2, -0.15) is 0 Å². The van der Waals surface area contributed by atoms with Crippen molar-refractivity contribution in [1.82, 2.24) is 4.90 Å². The quantitative estimate of drug-likeness (QED) is 0.691. The van der Waals surface area contributed by atoms with Crippen LogP contribution >= 0.6 is 0 Å². The minimum atomic E-state index is -3.01. The fourth-order valence-corrected chi connectivity index (χ4v) is 4.96. The van der Waals surface area contributed by atoms with E-state index in [0.29, 0.717) is 25.3 Å². The summed E-state index contributed by atoms with van der Waals surface area (Å²) in [6.07, 6.45) is 1.39. The number of aliphatic hydroxyl groups excluding tert-OH is 1. The first-order chi connectivity index (χ1) is 12.9. The first kappa shape index (κ1) is 19.7.